The van der Waals surface area contributed by atoms with Crippen molar-refractivity contribution in [3.63, 3.8) is 0 Å². The molecule has 1 saturated heterocycles. The Labute approximate surface area is 304 Å². The van der Waals surface area contributed by atoms with Gasteiger partial charge in [0.05, 0.1) is 38.6 Å². The number of esters is 2. The van der Waals surface area contributed by atoms with Gasteiger partial charge in [-0.2, -0.15) is 0 Å². The fraction of sp³-hybridized carbons (Fsp3) is 0.256. The zero-order valence-electron chi connectivity index (χ0n) is 29.0. The predicted molar refractivity (Wildman–Crippen MR) is 193 cm³/mol. The summed E-state index contributed by atoms with van der Waals surface area (Å²) >= 11 is 0. The Morgan fingerprint density at radius 3 is 1.46 bits per heavy atom. The van der Waals surface area contributed by atoms with Crippen LogP contribution in [0.3, 0.4) is 0 Å². The van der Waals surface area contributed by atoms with Crippen molar-refractivity contribution in [2.24, 2.45) is 0 Å². The molecule has 52 heavy (non-hydrogen) atoms. The van der Waals surface area contributed by atoms with Crippen LogP contribution < -0.4 is 4.74 Å². The van der Waals surface area contributed by atoms with E-state index in [1.807, 2.05) is 121 Å². The summed E-state index contributed by atoms with van der Waals surface area (Å²) in [6, 6.07) is 45.3. The summed E-state index contributed by atoms with van der Waals surface area (Å²) < 4.78 is 44.0. The molecule has 0 radical (unpaired) electrons. The van der Waals surface area contributed by atoms with Gasteiger partial charge in [0.1, 0.15) is 30.2 Å². The van der Waals surface area contributed by atoms with Gasteiger partial charge in [0.15, 0.2) is 0 Å². The smallest absolute Gasteiger partial charge is 0.340 e. The molecule has 1 aliphatic rings. The summed E-state index contributed by atoms with van der Waals surface area (Å²) in [6.45, 7) is 2.50. The number of carbonyl (C=O) groups is 2. The average molecular weight is 703 g/mol. The standard InChI is InChI=1S/C43H42O9/c1-31(44)50-37-24-22-36(23-25-37)42(45)52-43-41(49-29-35-20-12-5-13-21-35)40(48-28-34-18-10-4-11-19-34)39(47-27-33-16-8-3-9-17-33)38(51-43)30-46-26-32-14-6-2-7-15-32/h2-25,38-41,43H,26-30H2,1H3/t38-,39-,40+,41-,43+/m1/s1. The number of benzene rings is 5. The molecule has 9 heteroatoms. The lowest BCUT2D eigenvalue weighted by Gasteiger charge is -2.45. The summed E-state index contributed by atoms with van der Waals surface area (Å²) in [6.07, 6.45) is -4.26. The van der Waals surface area contributed by atoms with Crippen LogP contribution >= 0.6 is 0 Å². The maximum absolute atomic E-state index is 13.7. The van der Waals surface area contributed by atoms with Crippen LogP contribution in [0.4, 0.5) is 0 Å². The van der Waals surface area contributed by atoms with E-state index in [-0.39, 0.29) is 32.0 Å². The van der Waals surface area contributed by atoms with Gasteiger partial charge in [-0.15, -0.1) is 0 Å². The van der Waals surface area contributed by atoms with E-state index < -0.39 is 42.6 Å². The first-order valence-corrected chi connectivity index (χ1v) is 17.2. The monoisotopic (exact) mass is 702 g/mol. The van der Waals surface area contributed by atoms with Gasteiger partial charge in [-0.3, -0.25) is 4.79 Å². The Kier molecular flexibility index (Phi) is 13.3. The van der Waals surface area contributed by atoms with Crippen LogP contribution in [0.5, 0.6) is 5.75 Å². The van der Waals surface area contributed by atoms with Gasteiger partial charge in [0, 0.05) is 6.92 Å². The third kappa shape index (κ3) is 10.7. The second-order valence-corrected chi connectivity index (χ2v) is 12.4. The van der Waals surface area contributed by atoms with E-state index in [2.05, 4.69) is 0 Å². The predicted octanol–water partition coefficient (Wildman–Crippen LogP) is 7.47. The molecule has 6 rings (SSSR count). The van der Waals surface area contributed by atoms with Crippen molar-refractivity contribution in [1.29, 1.82) is 0 Å². The lowest BCUT2D eigenvalue weighted by Crippen LogP contribution is -2.62. The Hall–Kier alpha value is -5.16. The molecule has 0 aromatic heterocycles. The summed E-state index contributed by atoms with van der Waals surface area (Å²) in [7, 11) is 0. The van der Waals surface area contributed by atoms with Crippen LogP contribution in [0.2, 0.25) is 0 Å². The molecular weight excluding hydrogens is 660 g/mol. The fourth-order valence-electron chi connectivity index (χ4n) is 5.84. The molecule has 0 saturated carbocycles. The van der Waals surface area contributed by atoms with Gasteiger partial charge in [-0.1, -0.05) is 121 Å². The zero-order chi connectivity index (χ0) is 36.0. The lowest BCUT2D eigenvalue weighted by atomic mass is 9.97. The van der Waals surface area contributed by atoms with Gasteiger partial charge < -0.3 is 33.2 Å². The van der Waals surface area contributed by atoms with Gasteiger partial charge in [0.25, 0.3) is 0 Å². The second-order valence-electron chi connectivity index (χ2n) is 12.4. The van der Waals surface area contributed by atoms with E-state index in [9.17, 15) is 9.59 Å². The van der Waals surface area contributed by atoms with Gasteiger partial charge >= 0.3 is 11.9 Å². The van der Waals surface area contributed by atoms with Crippen molar-refractivity contribution in [3.05, 3.63) is 173 Å². The Morgan fingerprint density at radius 1 is 0.538 bits per heavy atom. The molecule has 0 amide bonds. The lowest BCUT2D eigenvalue weighted by molar-refractivity contribution is -0.315. The molecule has 0 aliphatic carbocycles. The second kappa shape index (κ2) is 18.9. The Morgan fingerprint density at radius 2 is 0.981 bits per heavy atom. The van der Waals surface area contributed by atoms with Crippen molar-refractivity contribution >= 4 is 11.9 Å². The number of hydrogen-bond donors (Lipinski definition) is 0. The molecule has 5 aromatic carbocycles. The number of hydrogen-bond acceptors (Lipinski definition) is 9. The van der Waals surface area contributed by atoms with Crippen molar-refractivity contribution in [3.8, 4) is 5.75 Å². The maximum atomic E-state index is 13.7. The van der Waals surface area contributed by atoms with E-state index >= 15 is 0 Å². The molecule has 0 spiro atoms. The van der Waals surface area contributed by atoms with E-state index in [1.165, 1.54) is 31.2 Å². The van der Waals surface area contributed by atoms with Crippen LogP contribution in [0.1, 0.15) is 39.5 Å². The molecule has 9 nitrogen and oxygen atoms in total. The molecular formula is C43H42O9. The van der Waals surface area contributed by atoms with E-state index in [0.717, 1.165) is 22.3 Å². The van der Waals surface area contributed by atoms with Crippen LogP contribution in [-0.2, 0) is 59.6 Å². The number of rotatable bonds is 16. The zero-order valence-corrected chi connectivity index (χ0v) is 29.0. The Balaban J connectivity index is 1.31. The highest BCUT2D eigenvalue weighted by Crippen LogP contribution is 2.32. The molecule has 5 atom stereocenters. The average Bonchev–Trinajstić information content (AvgIpc) is 3.18. The van der Waals surface area contributed by atoms with Crippen molar-refractivity contribution in [1.82, 2.24) is 0 Å². The highest BCUT2D eigenvalue weighted by Gasteiger charge is 2.50. The van der Waals surface area contributed by atoms with Crippen molar-refractivity contribution < 1.29 is 42.7 Å². The maximum Gasteiger partial charge on any atom is 0.340 e. The molecule has 1 fully saturated rings. The largest absolute Gasteiger partial charge is 0.429 e. The Bertz CT molecular complexity index is 1800. The number of carbonyl (C=O) groups excluding carboxylic acids is 2. The van der Waals surface area contributed by atoms with E-state index in [1.54, 1.807) is 0 Å². The van der Waals surface area contributed by atoms with Crippen LogP contribution in [0, 0.1) is 0 Å². The normalized spacial score (nSPS) is 19.8. The van der Waals surface area contributed by atoms with Crippen LogP contribution in [-0.4, -0.2) is 49.3 Å². The topological polar surface area (TPSA) is 98.8 Å². The van der Waals surface area contributed by atoms with E-state index in [4.69, 9.17) is 33.2 Å². The van der Waals surface area contributed by atoms with Crippen LogP contribution in [0.25, 0.3) is 0 Å². The number of ether oxygens (including phenoxy) is 7. The highest BCUT2D eigenvalue weighted by molar-refractivity contribution is 5.89. The first-order valence-electron chi connectivity index (χ1n) is 17.2. The molecule has 268 valence electrons. The minimum atomic E-state index is -1.20. The molecule has 0 unspecified atom stereocenters. The summed E-state index contributed by atoms with van der Waals surface area (Å²) in [4.78, 5) is 25.1. The third-order valence-corrected chi connectivity index (χ3v) is 8.42. The fourth-order valence-corrected chi connectivity index (χ4v) is 5.84. The summed E-state index contributed by atoms with van der Waals surface area (Å²) in [5.41, 5.74) is 4.09. The van der Waals surface area contributed by atoms with Crippen molar-refractivity contribution in [2.45, 2.75) is 64.1 Å². The molecule has 1 heterocycles. The minimum Gasteiger partial charge on any atom is -0.429 e. The van der Waals surface area contributed by atoms with Gasteiger partial charge in [-0.05, 0) is 46.5 Å². The first kappa shape index (κ1) is 36.6. The third-order valence-electron chi connectivity index (χ3n) is 8.42. The minimum absolute atomic E-state index is 0.121. The quantitative estimate of drug-likeness (QED) is 0.0766. The molecule has 1 aliphatic heterocycles. The van der Waals surface area contributed by atoms with Gasteiger partial charge in [0.2, 0.25) is 6.29 Å². The molecule has 0 bridgehead atoms. The molecule has 5 aromatic rings. The van der Waals surface area contributed by atoms with Gasteiger partial charge in [-0.25, -0.2) is 4.79 Å². The van der Waals surface area contributed by atoms with Crippen molar-refractivity contribution in [2.75, 3.05) is 6.61 Å². The summed E-state index contributed by atoms with van der Waals surface area (Å²) in [5.74, 6) is -0.803. The SMILES string of the molecule is CC(=O)Oc1ccc(C(=O)O[C@@H]2O[C@H](COCc3ccccc3)[C@@H](OCc3ccccc3)[C@H](OCc3ccccc3)[C@H]2OCc2ccccc2)cc1. The molecule has 0 N–H and O–H groups in total. The van der Waals surface area contributed by atoms with E-state index in [0.29, 0.717) is 12.4 Å². The first-order chi connectivity index (χ1) is 25.5. The summed E-state index contributed by atoms with van der Waals surface area (Å²) in [5, 5.41) is 0. The van der Waals surface area contributed by atoms with Crippen LogP contribution in [0.15, 0.2) is 146 Å². The highest BCUT2D eigenvalue weighted by atomic mass is 16.7.